The summed E-state index contributed by atoms with van der Waals surface area (Å²) in [6.45, 7) is 3.52. The van der Waals surface area contributed by atoms with Gasteiger partial charge in [0.05, 0.1) is 18.2 Å². The molecule has 0 radical (unpaired) electrons. The number of anilines is 1. The molecule has 1 N–H and O–H groups in total. The van der Waals surface area contributed by atoms with Crippen LogP contribution in [0.25, 0.3) is 6.08 Å². The Hall–Kier alpha value is -3.86. The van der Waals surface area contributed by atoms with Gasteiger partial charge in [-0.2, -0.15) is 0 Å². The molecule has 0 saturated heterocycles. The van der Waals surface area contributed by atoms with Crippen LogP contribution in [-0.4, -0.2) is 16.7 Å². The van der Waals surface area contributed by atoms with Crippen molar-refractivity contribution >= 4 is 23.6 Å². The molecule has 1 heterocycles. The van der Waals surface area contributed by atoms with Crippen molar-refractivity contribution in [3.05, 3.63) is 95.7 Å². The average molecular weight is 412 g/mol. The molecule has 156 valence electrons. The Morgan fingerprint density at radius 1 is 0.968 bits per heavy atom. The maximum Gasteiger partial charge on any atom is 0.226 e. The molecule has 5 heteroatoms. The summed E-state index contributed by atoms with van der Waals surface area (Å²) in [5.41, 5.74) is 3.70. The lowest BCUT2D eigenvalue weighted by Crippen LogP contribution is -2.33. The van der Waals surface area contributed by atoms with Crippen molar-refractivity contribution in [2.24, 2.45) is 0 Å². The number of hydrogen-bond acceptors (Lipinski definition) is 3. The molecule has 3 aromatic carbocycles. The summed E-state index contributed by atoms with van der Waals surface area (Å²) in [4.78, 5) is 26.8. The van der Waals surface area contributed by atoms with Gasteiger partial charge in [-0.3, -0.25) is 9.59 Å². The second kappa shape index (κ2) is 8.88. The highest BCUT2D eigenvalue weighted by molar-refractivity contribution is 5.93. The molecule has 2 amide bonds. The Bertz CT molecular complexity index is 1140. The highest BCUT2D eigenvalue weighted by Gasteiger charge is 2.28. The van der Waals surface area contributed by atoms with Gasteiger partial charge < -0.3 is 15.0 Å². The number of aryl methyl sites for hydroxylation is 1. The minimum Gasteiger partial charge on any atom is -0.455 e. The lowest BCUT2D eigenvalue weighted by Gasteiger charge is -2.32. The molecular weight excluding hydrogens is 388 g/mol. The maximum absolute atomic E-state index is 13.0. The number of fused-ring (bicyclic) bond motifs is 1. The van der Waals surface area contributed by atoms with E-state index in [4.69, 9.17) is 4.74 Å². The summed E-state index contributed by atoms with van der Waals surface area (Å²) < 4.78 is 5.98. The number of rotatable bonds is 5. The molecule has 0 fully saturated rings. The van der Waals surface area contributed by atoms with E-state index in [2.05, 4.69) is 5.32 Å². The summed E-state index contributed by atoms with van der Waals surface area (Å²) in [6.07, 6.45) is 3.78. The van der Waals surface area contributed by atoms with E-state index in [-0.39, 0.29) is 24.3 Å². The minimum atomic E-state index is -0.358. The largest absolute Gasteiger partial charge is 0.455 e. The third-order valence-electron chi connectivity index (χ3n) is 5.26. The lowest BCUT2D eigenvalue weighted by molar-refractivity contribution is -0.129. The molecule has 0 aliphatic carbocycles. The summed E-state index contributed by atoms with van der Waals surface area (Å²) in [5, 5.41) is 2.95. The fraction of sp³-hybridized carbons (Fsp3) is 0.154. The van der Waals surface area contributed by atoms with Gasteiger partial charge in [0.25, 0.3) is 0 Å². The standard InChI is InChI=1S/C26H24N2O3/c1-18-11-13-21(14-12-18)31-25-10-6-5-9-23(25)27-26(30)17-24-22-8-4-3-7-20(22)15-16-28(24)19(2)29/h3-16,24H,17H2,1-2H3,(H,27,30). The summed E-state index contributed by atoms with van der Waals surface area (Å²) >= 11 is 0. The molecule has 4 rings (SSSR count). The van der Waals surface area contributed by atoms with Crippen molar-refractivity contribution in [1.29, 1.82) is 0 Å². The molecule has 0 bridgehead atoms. The Balaban J connectivity index is 1.53. The first-order valence-electron chi connectivity index (χ1n) is 10.2. The number of carbonyl (C=O) groups excluding carboxylic acids is 2. The van der Waals surface area contributed by atoms with Gasteiger partial charge in [0.15, 0.2) is 5.75 Å². The van der Waals surface area contributed by atoms with Crippen LogP contribution >= 0.6 is 0 Å². The van der Waals surface area contributed by atoms with Crippen LogP contribution in [0.3, 0.4) is 0 Å². The van der Waals surface area contributed by atoms with Crippen molar-refractivity contribution in [3.63, 3.8) is 0 Å². The van der Waals surface area contributed by atoms with E-state index in [9.17, 15) is 9.59 Å². The van der Waals surface area contributed by atoms with Gasteiger partial charge >= 0.3 is 0 Å². The quantitative estimate of drug-likeness (QED) is 0.586. The zero-order valence-electron chi connectivity index (χ0n) is 17.5. The fourth-order valence-electron chi connectivity index (χ4n) is 3.68. The van der Waals surface area contributed by atoms with Gasteiger partial charge in [0.2, 0.25) is 11.8 Å². The first-order chi connectivity index (χ1) is 15.0. The van der Waals surface area contributed by atoms with Crippen molar-refractivity contribution in [2.75, 3.05) is 5.32 Å². The summed E-state index contributed by atoms with van der Waals surface area (Å²) in [6, 6.07) is 22.5. The van der Waals surface area contributed by atoms with E-state index < -0.39 is 0 Å². The maximum atomic E-state index is 13.0. The predicted molar refractivity (Wildman–Crippen MR) is 122 cm³/mol. The van der Waals surface area contributed by atoms with E-state index >= 15 is 0 Å². The smallest absolute Gasteiger partial charge is 0.226 e. The van der Waals surface area contributed by atoms with Crippen molar-refractivity contribution in [3.8, 4) is 11.5 Å². The van der Waals surface area contributed by atoms with E-state index in [1.807, 2.05) is 79.7 Å². The number of ether oxygens (including phenoxy) is 1. The Kier molecular flexibility index (Phi) is 5.85. The third kappa shape index (κ3) is 4.67. The van der Waals surface area contributed by atoms with E-state index in [0.717, 1.165) is 16.7 Å². The highest BCUT2D eigenvalue weighted by atomic mass is 16.5. The SMILES string of the molecule is CC(=O)N1C=Cc2ccccc2C1CC(=O)Nc1ccccc1Oc1ccc(C)cc1. The second-order valence-electron chi connectivity index (χ2n) is 7.55. The topological polar surface area (TPSA) is 58.6 Å². The average Bonchev–Trinajstić information content (AvgIpc) is 2.76. The van der Waals surface area contributed by atoms with Crippen LogP contribution in [0.15, 0.2) is 79.0 Å². The molecule has 1 unspecified atom stereocenters. The van der Waals surface area contributed by atoms with E-state index in [0.29, 0.717) is 17.2 Å². The number of amides is 2. The van der Waals surface area contributed by atoms with Crippen LogP contribution in [0.5, 0.6) is 11.5 Å². The normalized spacial score (nSPS) is 14.6. The van der Waals surface area contributed by atoms with Crippen LogP contribution in [0.1, 0.15) is 36.1 Å². The number of hydrogen-bond donors (Lipinski definition) is 1. The predicted octanol–water partition coefficient (Wildman–Crippen LogP) is 5.69. The number of para-hydroxylation sites is 2. The van der Waals surface area contributed by atoms with Gasteiger partial charge in [0, 0.05) is 13.1 Å². The van der Waals surface area contributed by atoms with Crippen molar-refractivity contribution < 1.29 is 14.3 Å². The number of nitrogens with zero attached hydrogens (tertiary/aromatic N) is 1. The van der Waals surface area contributed by atoms with E-state index in [1.165, 1.54) is 6.92 Å². The first kappa shape index (κ1) is 20.4. The van der Waals surface area contributed by atoms with E-state index in [1.54, 1.807) is 17.2 Å². The van der Waals surface area contributed by atoms with Gasteiger partial charge in [-0.15, -0.1) is 0 Å². The van der Waals surface area contributed by atoms with Gasteiger partial charge in [-0.1, -0.05) is 54.1 Å². The molecule has 0 saturated carbocycles. The molecule has 31 heavy (non-hydrogen) atoms. The Morgan fingerprint density at radius 3 is 2.45 bits per heavy atom. The summed E-state index contributed by atoms with van der Waals surface area (Å²) in [7, 11) is 0. The van der Waals surface area contributed by atoms with Gasteiger partial charge in [-0.05, 0) is 48.4 Å². The molecule has 1 atom stereocenters. The first-order valence-corrected chi connectivity index (χ1v) is 10.2. The van der Waals surface area contributed by atoms with Crippen LogP contribution in [0.4, 0.5) is 5.69 Å². The van der Waals surface area contributed by atoms with Crippen LogP contribution in [-0.2, 0) is 9.59 Å². The fourth-order valence-corrected chi connectivity index (χ4v) is 3.68. The van der Waals surface area contributed by atoms with Gasteiger partial charge in [0.1, 0.15) is 5.75 Å². The third-order valence-corrected chi connectivity index (χ3v) is 5.26. The molecule has 3 aromatic rings. The zero-order valence-corrected chi connectivity index (χ0v) is 17.5. The Labute approximate surface area is 182 Å². The molecule has 1 aliphatic heterocycles. The highest BCUT2D eigenvalue weighted by Crippen LogP contribution is 2.34. The zero-order chi connectivity index (χ0) is 21.8. The molecule has 5 nitrogen and oxygen atoms in total. The Morgan fingerprint density at radius 2 is 1.68 bits per heavy atom. The van der Waals surface area contributed by atoms with Crippen LogP contribution in [0, 0.1) is 6.92 Å². The number of benzene rings is 3. The van der Waals surface area contributed by atoms with Crippen LogP contribution in [0.2, 0.25) is 0 Å². The number of carbonyl (C=O) groups is 2. The molecular formula is C26H24N2O3. The molecule has 0 spiro atoms. The van der Waals surface area contributed by atoms with Crippen molar-refractivity contribution in [1.82, 2.24) is 4.90 Å². The van der Waals surface area contributed by atoms with Crippen molar-refractivity contribution in [2.45, 2.75) is 26.3 Å². The summed E-state index contributed by atoms with van der Waals surface area (Å²) in [5.74, 6) is 0.960. The van der Waals surface area contributed by atoms with Crippen LogP contribution < -0.4 is 10.1 Å². The second-order valence-corrected chi connectivity index (χ2v) is 7.55. The molecule has 1 aliphatic rings. The number of nitrogens with one attached hydrogen (secondary N) is 1. The van der Waals surface area contributed by atoms with Gasteiger partial charge in [-0.25, -0.2) is 0 Å². The monoisotopic (exact) mass is 412 g/mol. The molecule has 0 aromatic heterocycles. The minimum absolute atomic E-state index is 0.105. The lowest BCUT2D eigenvalue weighted by atomic mass is 9.93.